The maximum absolute atomic E-state index is 14.1. The Morgan fingerprint density at radius 3 is 1.79 bits per heavy atom. The molecule has 0 amide bonds. The summed E-state index contributed by atoms with van der Waals surface area (Å²) in [6.07, 6.45) is 8.84. The molecule has 2 saturated carbocycles. The largest absolute Gasteiger partial charge is 0.306 e. The van der Waals surface area contributed by atoms with Crippen LogP contribution < -0.4 is 0 Å². The molecule has 0 radical (unpaired) electrons. The van der Waals surface area contributed by atoms with Crippen molar-refractivity contribution in [2.75, 3.05) is 0 Å². The van der Waals surface area contributed by atoms with E-state index in [9.17, 15) is 22.0 Å². The number of halogens is 5. The molecule has 0 spiro atoms. The van der Waals surface area contributed by atoms with Crippen molar-refractivity contribution in [2.45, 2.75) is 77.0 Å². The highest BCUT2D eigenvalue weighted by molar-refractivity contribution is 5.61. The zero-order valence-corrected chi connectivity index (χ0v) is 16.4. The molecule has 0 aromatic heterocycles. The Hall–Kier alpha value is -1.39. The zero-order chi connectivity index (χ0) is 20.3. The molecule has 0 nitrogen and oxygen atoms in total. The second-order valence-corrected chi connectivity index (χ2v) is 8.62. The Bertz CT molecular complexity index is 668. The Morgan fingerprint density at radius 2 is 1.32 bits per heavy atom. The van der Waals surface area contributed by atoms with E-state index in [1.807, 2.05) is 0 Å². The highest BCUT2D eigenvalue weighted by Crippen LogP contribution is 2.45. The number of hydrogen-bond donors (Lipinski definition) is 0. The number of rotatable bonds is 5. The van der Waals surface area contributed by atoms with E-state index >= 15 is 0 Å². The highest BCUT2D eigenvalue weighted by atomic mass is 19.3. The van der Waals surface area contributed by atoms with E-state index in [0.717, 1.165) is 49.7 Å². The minimum Gasteiger partial charge on any atom is -0.206 e. The van der Waals surface area contributed by atoms with Gasteiger partial charge in [0.2, 0.25) is 5.83 Å². The molecule has 0 atom stereocenters. The van der Waals surface area contributed by atoms with Gasteiger partial charge in [0.05, 0.1) is 5.56 Å². The van der Waals surface area contributed by atoms with Crippen LogP contribution in [0.1, 0.15) is 88.2 Å². The van der Waals surface area contributed by atoms with E-state index in [-0.39, 0.29) is 5.92 Å². The summed E-state index contributed by atoms with van der Waals surface area (Å²) < 4.78 is 66.3. The van der Waals surface area contributed by atoms with Crippen LogP contribution in [0.3, 0.4) is 0 Å². The third-order valence-electron chi connectivity index (χ3n) is 6.95. The number of hydrogen-bond acceptors (Lipinski definition) is 0. The quantitative estimate of drug-likeness (QED) is 0.435. The van der Waals surface area contributed by atoms with Crippen molar-refractivity contribution in [3.05, 3.63) is 41.0 Å². The molecule has 28 heavy (non-hydrogen) atoms. The van der Waals surface area contributed by atoms with Crippen LogP contribution in [-0.4, -0.2) is 0 Å². The van der Waals surface area contributed by atoms with Gasteiger partial charge in [-0.05, 0) is 79.9 Å². The van der Waals surface area contributed by atoms with Crippen LogP contribution >= 0.6 is 0 Å². The van der Waals surface area contributed by atoms with E-state index in [4.69, 9.17) is 0 Å². The summed E-state index contributed by atoms with van der Waals surface area (Å²) in [4.78, 5) is 0. The first-order chi connectivity index (χ1) is 13.4. The van der Waals surface area contributed by atoms with Crippen LogP contribution in [0.4, 0.5) is 22.0 Å². The van der Waals surface area contributed by atoms with E-state index < -0.39 is 29.1 Å². The average molecular weight is 400 g/mol. The maximum Gasteiger partial charge on any atom is 0.306 e. The van der Waals surface area contributed by atoms with Gasteiger partial charge in [-0.15, -0.1) is 0 Å². The van der Waals surface area contributed by atoms with Gasteiger partial charge in [-0.2, -0.15) is 8.78 Å². The normalized spacial score (nSPS) is 28.2. The Morgan fingerprint density at radius 1 is 0.821 bits per heavy atom. The summed E-state index contributed by atoms with van der Waals surface area (Å²) in [6, 6.07) is 2.06. The first-order valence-corrected chi connectivity index (χ1v) is 10.6. The lowest BCUT2D eigenvalue weighted by atomic mass is 9.68. The molecule has 0 heterocycles. The third-order valence-corrected chi connectivity index (χ3v) is 6.95. The molecule has 2 aliphatic rings. The smallest absolute Gasteiger partial charge is 0.206 e. The van der Waals surface area contributed by atoms with Gasteiger partial charge in [0.25, 0.3) is 0 Å². The zero-order valence-electron chi connectivity index (χ0n) is 16.4. The standard InChI is InChI=1S/C23H29F5/c1-2-3-14-4-6-15(7-5-14)16-8-10-17(11-9-16)18-12-19(24)21(20(25)13-18)22(26)23(27)28/h12-17H,2-11H2,1H3. The molecule has 0 saturated heterocycles. The van der Waals surface area contributed by atoms with E-state index in [0.29, 0.717) is 11.5 Å². The van der Waals surface area contributed by atoms with Gasteiger partial charge in [-0.3, -0.25) is 0 Å². The molecule has 0 unspecified atom stereocenters. The Labute approximate surface area is 164 Å². The molecular formula is C23H29F5. The molecule has 3 rings (SSSR count). The molecule has 0 N–H and O–H groups in total. The van der Waals surface area contributed by atoms with Gasteiger partial charge < -0.3 is 0 Å². The summed E-state index contributed by atoms with van der Waals surface area (Å²) in [5.41, 5.74) is -0.808. The first kappa shape index (κ1) is 21.3. The fourth-order valence-corrected chi connectivity index (χ4v) is 5.41. The lowest BCUT2D eigenvalue weighted by molar-refractivity contribution is 0.156. The number of benzene rings is 1. The third kappa shape index (κ3) is 4.77. The van der Waals surface area contributed by atoms with Gasteiger partial charge in [0.15, 0.2) is 0 Å². The molecule has 156 valence electrons. The average Bonchev–Trinajstić information content (AvgIpc) is 2.68. The summed E-state index contributed by atoms with van der Waals surface area (Å²) >= 11 is 0. The monoisotopic (exact) mass is 400 g/mol. The van der Waals surface area contributed by atoms with Gasteiger partial charge in [-0.1, -0.05) is 32.6 Å². The van der Waals surface area contributed by atoms with Gasteiger partial charge in [0.1, 0.15) is 11.6 Å². The Balaban J connectivity index is 1.60. The maximum atomic E-state index is 14.1. The highest BCUT2D eigenvalue weighted by Gasteiger charge is 2.32. The van der Waals surface area contributed by atoms with Crippen molar-refractivity contribution in [3.8, 4) is 0 Å². The molecular weight excluding hydrogens is 371 g/mol. The minimum atomic E-state index is -2.71. The molecule has 1 aromatic rings. The van der Waals surface area contributed by atoms with Crippen molar-refractivity contribution in [2.24, 2.45) is 17.8 Å². The molecule has 2 aliphatic carbocycles. The summed E-state index contributed by atoms with van der Waals surface area (Å²) in [6.45, 7) is 2.24. The lowest BCUT2D eigenvalue weighted by Gasteiger charge is -2.38. The topological polar surface area (TPSA) is 0 Å². The van der Waals surface area contributed by atoms with Crippen LogP contribution in [0.25, 0.3) is 5.83 Å². The Kier molecular flexibility index (Phi) is 7.16. The minimum absolute atomic E-state index is 0.00740. The summed E-state index contributed by atoms with van der Waals surface area (Å²) in [5, 5.41) is 0. The fraction of sp³-hybridized carbons (Fsp3) is 0.652. The van der Waals surface area contributed by atoms with Gasteiger partial charge >= 0.3 is 6.08 Å². The van der Waals surface area contributed by atoms with Crippen LogP contribution in [0.15, 0.2) is 18.2 Å². The van der Waals surface area contributed by atoms with E-state index in [1.165, 1.54) is 38.5 Å². The van der Waals surface area contributed by atoms with E-state index in [1.54, 1.807) is 0 Å². The lowest BCUT2D eigenvalue weighted by Crippen LogP contribution is -2.25. The van der Waals surface area contributed by atoms with Crippen molar-refractivity contribution in [1.29, 1.82) is 0 Å². The van der Waals surface area contributed by atoms with Crippen molar-refractivity contribution < 1.29 is 22.0 Å². The van der Waals surface area contributed by atoms with Crippen molar-refractivity contribution in [1.82, 2.24) is 0 Å². The second kappa shape index (κ2) is 9.41. The molecule has 1 aromatic carbocycles. The summed E-state index contributed by atoms with van der Waals surface area (Å²) in [7, 11) is 0. The second-order valence-electron chi connectivity index (χ2n) is 8.62. The van der Waals surface area contributed by atoms with Gasteiger partial charge in [-0.25, -0.2) is 13.2 Å². The molecule has 0 bridgehead atoms. The van der Waals surface area contributed by atoms with Crippen LogP contribution in [0.5, 0.6) is 0 Å². The first-order valence-electron chi connectivity index (χ1n) is 10.6. The fourth-order valence-electron chi connectivity index (χ4n) is 5.41. The SMILES string of the molecule is CCCC1CCC(C2CCC(c3cc(F)c(C(F)=C(F)F)c(F)c3)CC2)CC1. The summed E-state index contributed by atoms with van der Waals surface area (Å²) in [5.74, 6) is -2.30. The predicted molar refractivity (Wildman–Crippen MR) is 102 cm³/mol. The molecule has 2 fully saturated rings. The predicted octanol–water partition coefficient (Wildman–Crippen LogP) is 8.38. The van der Waals surface area contributed by atoms with Crippen LogP contribution in [-0.2, 0) is 0 Å². The van der Waals surface area contributed by atoms with Crippen LogP contribution in [0.2, 0.25) is 0 Å². The van der Waals surface area contributed by atoms with Gasteiger partial charge in [0, 0.05) is 0 Å². The molecule has 5 heteroatoms. The van der Waals surface area contributed by atoms with Crippen molar-refractivity contribution in [3.63, 3.8) is 0 Å². The molecule has 0 aliphatic heterocycles. The van der Waals surface area contributed by atoms with E-state index in [2.05, 4.69) is 6.92 Å². The van der Waals surface area contributed by atoms with Crippen LogP contribution in [0, 0.1) is 29.4 Å². The van der Waals surface area contributed by atoms with Crippen molar-refractivity contribution >= 4 is 5.83 Å².